The van der Waals surface area contributed by atoms with E-state index in [1.807, 2.05) is 6.08 Å². The first-order valence-corrected chi connectivity index (χ1v) is 33.5. The fourth-order valence-electron chi connectivity index (χ4n) is 10.7. The average Bonchev–Trinajstić information content (AvgIpc) is 3.39. The molecular formula is C67H131NO5. The highest BCUT2D eigenvalue weighted by molar-refractivity contribution is 5.76. The number of carbonyl (C=O) groups excluding carboxylic acids is 2. The second-order valence-electron chi connectivity index (χ2n) is 23.2. The molecule has 0 aliphatic carbocycles. The van der Waals surface area contributed by atoms with Crippen LogP contribution in [0.1, 0.15) is 380 Å². The molecule has 6 heteroatoms. The Hall–Kier alpha value is -1.40. The maximum absolute atomic E-state index is 12.4. The van der Waals surface area contributed by atoms with Crippen molar-refractivity contribution in [3.05, 3.63) is 12.2 Å². The van der Waals surface area contributed by atoms with E-state index in [9.17, 15) is 19.8 Å². The molecule has 0 aliphatic heterocycles. The normalized spacial score (nSPS) is 12.5. The first-order valence-electron chi connectivity index (χ1n) is 33.5. The molecule has 2 atom stereocenters. The van der Waals surface area contributed by atoms with E-state index in [0.717, 1.165) is 38.5 Å². The number of nitrogens with one attached hydrogen (secondary N) is 1. The molecule has 0 aromatic heterocycles. The van der Waals surface area contributed by atoms with Gasteiger partial charge < -0.3 is 20.3 Å². The molecule has 434 valence electrons. The summed E-state index contributed by atoms with van der Waals surface area (Å²) in [4.78, 5) is 24.4. The molecule has 0 rings (SSSR count). The van der Waals surface area contributed by atoms with Crippen LogP contribution in [-0.4, -0.2) is 47.4 Å². The lowest BCUT2D eigenvalue weighted by Gasteiger charge is -2.20. The first-order chi connectivity index (χ1) is 36.0. The third-order valence-electron chi connectivity index (χ3n) is 15.8. The molecule has 0 bridgehead atoms. The lowest BCUT2D eigenvalue weighted by Crippen LogP contribution is -2.45. The Morgan fingerprint density at radius 1 is 0.370 bits per heavy atom. The van der Waals surface area contributed by atoms with E-state index < -0.39 is 12.1 Å². The minimum atomic E-state index is -0.837. The van der Waals surface area contributed by atoms with E-state index in [0.29, 0.717) is 19.4 Å². The molecule has 6 nitrogen and oxygen atoms in total. The summed E-state index contributed by atoms with van der Waals surface area (Å²) in [6.07, 6.45) is 77.4. The van der Waals surface area contributed by atoms with E-state index in [1.54, 1.807) is 6.08 Å². The molecule has 0 saturated carbocycles. The zero-order chi connectivity index (χ0) is 52.9. The minimum Gasteiger partial charge on any atom is -0.466 e. The number of rotatable bonds is 63. The molecule has 0 saturated heterocycles. The van der Waals surface area contributed by atoms with Crippen molar-refractivity contribution in [2.24, 2.45) is 0 Å². The number of aliphatic hydroxyl groups excluding tert-OH is 2. The summed E-state index contributed by atoms with van der Waals surface area (Å²) in [6, 6.07) is -0.620. The van der Waals surface area contributed by atoms with Crippen LogP contribution in [0.5, 0.6) is 0 Å². The fraction of sp³-hybridized carbons (Fsp3) is 0.940. The molecule has 3 N–H and O–H groups in total. The van der Waals surface area contributed by atoms with Gasteiger partial charge >= 0.3 is 5.97 Å². The number of allylic oxidation sites excluding steroid dienone is 1. The summed E-state index contributed by atoms with van der Waals surface area (Å²) in [6.45, 7) is 4.90. The number of hydrogen-bond acceptors (Lipinski definition) is 5. The second-order valence-corrected chi connectivity index (χ2v) is 23.2. The van der Waals surface area contributed by atoms with Gasteiger partial charge in [0.15, 0.2) is 0 Å². The van der Waals surface area contributed by atoms with Crippen molar-refractivity contribution in [3.8, 4) is 0 Å². The summed E-state index contributed by atoms with van der Waals surface area (Å²) in [5.74, 6) is -0.0402. The molecule has 2 unspecified atom stereocenters. The third kappa shape index (κ3) is 59.7. The van der Waals surface area contributed by atoms with Gasteiger partial charge in [0.25, 0.3) is 0 Å². The van der Waals surface area contributed by atoms with Gasteiger partial charge in [-0.2, -0.15) is 0 Å². The van der Waals surface area contributed by atoms with Gasteiger partial charge in [-0.1, -0.05) is 347 Å². The topological polar surface area (TPSA) is 95.9 Å². The number of aliphatic hydroxyl groups is 2. The number of carbonyl (C=O) groups is 2. The van der Waals surface area contributed by atoms with Gasteiger partial charge in [0.1, 0.15) is 0 Å². The van der Waals surface area contributed by atoms with Gasteiger partial charge in [-0.15, -0.1) is 0 Å². The van der Waals surface area contributed by atoms with Gasteiger partial charge in [0, 0.05) is 12.8 Å². The molecule has 0 aliphatic rings. The van der Waals surface area contributed by atoms with Crippen LogP contribution in [0.2, 0.25) is 0 Å². The van der Waals surface area contributed by atoms with Crippen LogP contribution < -0.4 is 5.32 Å². The van der Waals surface area contributed by atoms with Gasteiger partial charge in [-0.05, 0) is 32.1 Å². The van der Waals surface area contributed by atoms with Gasteiger partial charge in [-0.3, -0.25) is 9.59 Å². The lowest BCUT2D eigenvalue weighted by molar-refractivity contribution is -0.143. The molecule has 0 fully saturated rings. The van der Waals surface area contributed by atoms with E-state index in [-0.39, 0.29) is 18.5 Å². The summed E-state index contributed by atoms with van der Waals surface area (Å²) in [7, 11) is 0. The third-order valence-corrected chi connectivity index (χ3v) is 15.8. The van der Waals surface area contributed by atoms with Crippen molar-refractivity contribution >= 4 is 11.9 Å². The predicted molar refractivity (Wildman–Crippen MR) is 320 cm³/mol. The molecule has 0 radical (unpaired) electrons. The monoisotopic (exact) mass is 1030 g/mol. The second kappa shape index (κ2) is 63.1. The Bertz CT molecular complexity index is 1100. The highest BCUT2D eigenvalue weighted by Gasteiger charge is 2.18. The maximum atomic E-state index is 12.4. The van der Waals surface area contributed by atoms with Crippen LogP contribution in [0.15, 0.2) is 12.2 Å². The number of esters is 1. The van der Waals surface area contributed by atoms with E-state index in [4.69, 9.17) is 4.74 Å². The Morgan fingerprint density at radius 3 is 0.932 bits per heavy atom. The number of unbranched alkanes of at least 4 members (excludes halogenated alkanes) is 52. The average molecular weight is 1030 g/mol. The Balaban J connectivity index is 3.27. The van der Waals surface area contributed by atoms with Crippen LogP contribution in [0, 0.1) is 0 Å². The van der Waals surface area contributed by atoms with E-state index in [1.165, 1.54) is 315 Å². The lowest BCUT2D eigenvalue weighted by atomic mass is 10.0. The molecule has 73 heavy (non-hydrogen) atoms. The number of amides is 1. The highest BCUT2D eigenvalue weighted by Crippen LogP contribution is 2.19. The number of ether oxygens (including phenoxy) is 1. The summed E-state index contributed by atoms with van der Waals surface area (Å²) in [5.41, 5.74) is 0. The molecule has 0 aromatic carbocycles. The Morgan fingerprint density at radius 2 is 0.630 bits per heavy atom. The van der Waals surface area contributed by atoms with Crippen molar-refractivity contribution in [3.63, 3.8) is 0 Å². The molecule has 0 spiro atoms. The smallest absolute Gasteiger partial charge is 0.305 e. The summed E-state index contributed by atoms with van der Waals surface area (Å²) in [5, 5.41) is 23.0. The van der Waals surface area contributed by atoms with Crippen molar-refractivity contribution in [2.45, 2.75) is 392 Å². The van der Waals surface area contributed by atoms with Gasteiger partial charge in [0.2, 0.25) is 5.91 Å². The van der Waals surface area contributed by atoms with Crippen molar-refractivity contribution in [1.29, 1.82) is 0 Å². The van der Waals surface area contributed by atoms with Gasteiger partial charge in [-0.25, -0.2) is 0 Å². The van der Waals surface area contributed by atoms with Crippen LogP contribution in [-0.2, 0) is 14.3 Å². The first kappa shape index (κ1) is 71.6. The highest BCUT2D eigenvalue weighted by atomic mass is 16.5. The number of hydrogen-bond donors (Lipinski definition) is 3. The van der Waals surface area contributed by atoms with Crippen LogP contribution >= 0.6 is 0 Å². The zero-order valence-electron chi connectivity index (χ0n) is 49.6. The van der Waals surface area contributed by atoms with E-state index in [2.05, 4.69) is 19.2 Å². The fourth-order valence-corrected chi connectivity index (χ4v) is 10.7. The zero-order valence-corrected chi connectivity index (χ0v) is 49.6. The molecule has 0 aromatic rings. The maximum Gasteiger partial charge on any atom is 0.305 e. The predicted octanol–water partition coefficient (Wildman–Crippen LogP) is 21.2. The van der Waals surface area contributed by atoms with Crippen LogP contribution in [0.25, 0.3) is 0 Å². The van der Waals surface area contributed by atoms with E-state index >= 15 is 0 Å². The Kier molecular flexibility index (Phi) is 61.9. The standard InChI is InChI=1S/C67H131NO5/c1-3-5-7-9-11-13-14-41-45-49-53-57-61-67(72)73-62-58-54-50-46-42-39-37-35-33-31-29-27-25-23-21-19-17-15-16-18-20-22-24-26-28-30-32-34-36-38-40-44-48-52-56-60-66(71)68-64(63-69)65(70)59-55-51-47-43-12-10-8-6-4-2/h55,59,64-65,69-70H,3-54,56-58,60-63H2,1-2H3,(H,68,71)/b59-55+. The Labute approximate surface area is 457 Å². The van der Waals surface area contributed by atoms with Crippen molar-refractivity contribution in [1.82, 2.24) is 5.32 Å². The SMILES string of the molecule is CCCCCCCCC/C=C/C(O)C(CO)NC(=O)CCCCCCCCCCCCCCCCCCCCCCCCCCCCCCCCCCCCCOC(=O)CCCCCCCCCCCCCC. The summed E-state index contributed by atoms with van der Waals surface area (Å²) < 4.78 is 5.48. The van der Waals surface area contributed by atoms with Crippen LogP contribution in [0.3, 0.4) is 0 Å². The largest absolute Gasteiger partial charge is 0.466 e. The molecular weight excluding hydrogens is 899 g/mol. The van der Waals surface area contributed by atoms with Gasteiger partial charge in [0.05, 0.1) is 25.4 Å². The quantitative estimate of drug-likeness (QED) is 0.0320. The molecule has 1 amide bonds. The van der Waals surface area contributed by atoms with Crippen molar-refractivity contribution < 1.29 is 24.5 Å². The molecule has 0 heterocycles. The summed E-state index contributed by atoms with van der Waals surface area (Å²) >= 11 is 0. The van der Waals surface area contributed by atoms with Crippen molar-refractivity contribution in [2.75, 3.05) is 13.2 Å². The van der Waals surface area contributed by atoms with Crippen LogP contribution in [0.4, 0.5) is 0 Å². The minimum absolute atomic E-state index is 0.0235.